The van der Waals surface area contributed by atoms with Gasteiger partial charge < -0.3 is 5.32 Å². The predicted molar refractivity (Wildman–Crippen MR) is 87.0 cm³/mol. The highest BCUT2D eigenvalue weighted by molar-refractivity contribution is 7.99. The Balaban J connectivity index is 1.95. The molecule has 2 saturated heterocycles. The van der Waals surface area contributed by atoms with E-state index < -0.39 is 0 Å². The average Bonchev–Trinajstić information content (AvgIpc) is 2.36. The molecule has 1 N–H and O–H groups in total. The third-order valence-electron chi connectivity index (χ3n) is 4.92. The highest BCUT2D eigenvalue weighted by Gasteiger charge is 2.39. The second kappa shape index (κ2) is 6.82. The summed E-state index contributed by atoms with van der Waals surface area (Å²) in [5, 5.41) is 3.77. The first-order valence-corrected chi connectivity index (χ1v) is 9.32. The van der Waals surface area contributed by atoms with Crippen LogP contribution in [-0.4, -0.2) is 47.1 Å². The number of hydrogen-bond donors (Lipinski definition) is 1. The lowest BCUT2D eigenvalue weighted by atomic mass is 9.81. The molecule has 0 amide bonds. The van der Waals surface area contributed by atoms with Crippen LogP contribution in [0.1, 0.15) is 59.3 Å². The second-order valence-electron chi connectivity index (χ2n) is 7.00. The molecule has 2 heterocycles. The molecule has 2 rings (SSSR count). The summed E-state index contributed by atoms with van der Waals surface area (Å²) in [5.74, 6) is 0. The quantitative estimate of drug-likeness (QED) is 0.803. The molecule has 0 radical (unpaired) electrons. The van der Waals surface area contributed by atoms with Crippen molar-refractivity contribution < 1.29 is 0 Å². The Bertz CT molecular complexity index is 266. The van der Waals surface area contributed by atoms with E-state index in [-0.39, 0.29) is 0 Å². The first kappa shape index (κ1) is 15.7. The van der Waals surface area contributed by atoms with Gasteiger partial charge in [-0.15, -0.1) is 0 Å². The van der Waals surface area contributed by atoms with Crippen LogP contribution in [0.15, 0.2) is 0 Å². The van der Waals surface area contributed by atoms with Gasteiger partial charge in [0.1, 0.15) is 0 Å². The summed E-state index contributed by atoms with van der Waals surface area (Å²) < 4.78 is 0.400. The second-order valence-corrected chi connectivity index (χ2v) is 8.51. The van der Waals surface area contributed by atoms with Crippen LogP contribution in [0.25, 0.3) is 0 Å². The van der Waals surface area contributed by atoms with E-state index in [1.807, 2.05) is 11.8 Å². The van der Waals surface area contributed by atoms with Crippen LogP contribution in [0, 0.1) is 0 Å². The Hall–Kier alpha value is 0.270. The molecule has 2 fully saturated rings. The van der Waals surface area contributed by atoms with Gasteiger partial charge in [-0.3, -0.25) is 4.90 Å². The van der Waals surface area contributed by atoms with Gasteiger partial charge in [-0.25, -0.2) is 0 Å². The Morgan fingerprint density at radius 1 is 1.21 bits per heavy atom. The van der Waals surface area contributed by atoms with Crippen LogP contribution < -0.4 is 5.32 Å². The van der Waals surface area contributed by atoms with Crippen molar-refractivity contribution in [1.29, 1.82) is 0 Å². The van der Waals surface area contributed by atoms with Gasteiger partial charge in [0.25, 0.3) is 0 Å². The number of nitrogens with zero attached hydrogens (tertiary/aromatic N) is 1. The summed E-state index contributed by atoms with van der Waals surface area (Å²) in [6.45, 7) is 9.53. The maximum atomic E-state index is 3.77. The van der Waals surface area contributed by atoms with Crippen LogP contribution in [-0.2, 0) is 0 Å². The lowest BCUT2D eigenvalue weighted by molar-refractivity contribution is 0.0195. The smallest absolute Gasteiger partial charge is 0.0228 e. The van der Waals surface area contributed by atoms with E-state index in [0.717, 1.165) is 18.1 Å². The maximum Gasteiger partial charge on any atom is 0.0228 e. The minimum atomic E-state index is 0.400. The summed E-state index contributed by atoms with van der Waals surface area (Å²) in [6.07, 6.45) is 10.6. The van der Waals surface area contributed by atoms with E-state index in [0.29, 0.717) is 4.75 Å². The summed E-state index contributed by atoms with van der Waals surface area (Å²) in [4.78, 5) is 2.85. The third kappa shape index (κ3) is 4.12. The molecule has 2 atom stereocenters. The van der Waals surface area contributed by atoms with E-state index in [4.69, 9.17) is 0 Å². The summed E-state index contributed by atoms with van der Waals surface area (Å²) >= 11 is 2.02. The van der Waals surface area contributed by atoms with E-state index >= 15 is 0 Å². The first-order valence-electron chi connectivity index (χ1n) is 8.10. The van der Waals surface area contributed by atoms with Crippen LogP contribution >= 0.6 is 11.8 Å². The number of piperidine rings is 2. The van der Waals surface area contributed by atoms with Gasteiger partial charge >= 0.3 is 0 Å². The summed E-state index contributed by atoms with van der Waals surface area (Å²) in [7, 11) is 0. The van der Waals surface area contributed by atoms with Crippen LogP contribution in [0.3, 0.4) is 0 Å². The highest BCUT2D eigenvalue weighted by Crippen LogP contribution is 2.36. The Labute approximate surface area is 124 Å². The SMILES string of the molecule is CCCNC1CC2CCCC(C1)N2CC(C)(C)SC. The lowest BCUT2D eigenvalue weighted by Gasteiger charge is -2.51. The van der Waals surface area contributed by atoms with Gasteiger partial charge in [0.15, 0.2) is 0 Å². The van der Waals surface area contributed by atoms with Gasteiger partial charge in [-0.05, 0) is 58.8 Å². The average molecular weight is 285 g/mol. The molecule has 2 unspecified atom stereocenters. The molecule has 0 spiro atoms. The zero-order chi connectivity index (χ0) is 13.9. The van der Waals surface area contributed by atoms with E-state index in [1.54, 1.807) is 0 Å². The fourth-order valence-corrected chi connectivity index (χ4v) is 4.03. The van der Waals surface area contributed by atoms with Crippen molar-refractivity contribution in [3.8, 4) is 0 Å². The van der Waals surface area contributed by atoms with Crippen LogP contribution in [0.4, 0.5) is 0 Å². The summed E-state index contributed by atoms with van der Waals surface area (Å²) in [6, 6.07) is 2.46. The third-order valence-corrected chi connectivity index (χ3v) is 6.16. The molecule has 112 valence electrons. The molecular formula is C16H32N2S. The molecule has 0 aliphatic carbocycles. The lowest BCUT2D eigenvalue weighted by Crippen LogP contribution is -2.58. The number of fused-ring (bicyclic) bond motifs is 2. The molecule has 0 aromatic carbocycles. The van der Waals surface area contributed by atoms with Gasteiger partial charge in [-0.2, -0.15) is 11.8 Å². The van der Waals surface area contributed by atoms with E-state index in [2.05, 4.69) is 37.2 Å². The van der Waals surface area contributed by atoms with Crippen molar-refractivity contribution in [1.82, 2.24) is 10.2 Å². The standard InChI is InChI=1S/C16H32N2S/c1-5-9-17-13-10-14-7-6-8-15(11-13)18(14)12-16(2,3)19-4/h13-15,17H,5-12H2,1-4H3. The zero-order valence-electron chi connectivity index (χ0n) is 13.2. The van der Waals surface area contributed by atoms with Crippen molar-refractivity contribution in [2.24, 2.45) is 0 Å². The van der Waals surface area contributed by atoms with Crippen molar-refractivity contribution >= 4 is 11.8 Å². The maximum absolute atomic E-state index is 3.77. The molecule has 2 nitrogen and oxygen atoms in total. The minimum Gasteiger partial charge on any atom is -0.314 e. The number of nitrogens with one attached hydrogen (secondary N) is 1. The zero-order valence-corrected chi connectivity index (χ0v) is 14.1. The van der Waals surface area contributed by atoms with Crippen molar-refractivity contribution in [3.63, 3.8) is 0 Å². The van der Waals surface area contributed by atoms with E-state index in [1.165, 1.54) is 51.6 Å². The van der Waals surface area contributed by atoms with Crippen molar-refractivity contribution in [2.75, 3.05) is 19.3 Å². The largest absolute Gasteiger partial charge is 0.314 e. The Morgan fingerprint density at radius 3 is 2.37 bits per heavy atom. The fraction of sp³-hybridized carbons (Fsp3) is 1.00. The van der Waals surface area contributed by atoms with E-state index in [9.17, 15) is 0 Å². The number of hydrogen-bond acceptors (Lipinski definition) is 3. The minimum absolute atomic E-state index is 0.400. The summed E-state index contributed by atoms with van der Waals surface area (Å²) in [5.41, 5.74) is 0. The fourth-order valence-electron chi connectivity index (χ4n) is 3.76. The van der Waals surface area contributed by atoms with Gasteiger partial charge in [0.05, 0.1) is 0 Å². The Morgan fingerprint density at radius 2 is 1.84 bits per heavy atom. The van der Waals surface area contributed by atoms with Crippen LogP contribution in [0.2, 0.25) is 0 Å². The molecule has 2 bridgehead atoms. The molecule has 0 aromatic heterocycles. The molecule has 19 heavy (non-hydrogen) atoms. The predicted octanol–water partition coefficient (Wildman–Crippen LogP) is 3.51. The topological polar surface area (TPSA) is 15.3 Å². The van der Waals surface area contributed by atoms with Crippen molar-refractivity contribution in [2.45, 2.75) is 82.2 Å². The first-order chi connectivity index (χ1) is 9.05. The monoisotopic (exact) mass is 284 g/mol. The molecule has 2 aliphatic rings. The Kier molecular flexibility index (Phi) is 5.62. The molecule has 0 saturated carbocycles. The number of rotatable bonds is 6. The normalized spacial score (nSPS) is 32.5. The molecule has 3 heteroatoms. The van der Waals surface area contributed by atoms with Crippen LogP contribution in [0.5, 0.6) is 0 Å². The van der Waals surface area contributed by atoms with Gasteiger partial charge in [0.2, 0.25) is 0 Å². The molecule has 2 aliphatic heterocycles. The molecule has 0 aromatic rings. The van der Waals surface area contributed by atoms with Gasteiger partial charge in [-0.1, -0.05) is 13.3 Å². The number of thioether (sulfide) groups is 1. The van der Waals surface area contributed by atoms with Crippen molar-refractivity contribution in [3.05, 3.63) is 0 Å². The molecular weight excluding hydrogens is 252 g/mol. The van der Waals surface area contributed by atoms with Gasteiger partial charge in [0, 0.05) is 29.4 Å². The highest BCUT2D eigenvalue weighted by atomic mass is 32.2.